The minimum absolute atomic E-state index is 0.478. The van der Waals surface area contributed by atoms with Crippen LogP contribution >= 0.6 is 11.8 Å². The number of methoxy groups -OCH3 is 1. The molecular formula is C19H23N5O2S. The molecule has 1 saturated carbocycles. The number of aromatic nitrogens is 5. The molecule has 0 radical (unpaired) electrons. The molecule has 1 aliphatic carbocycles. The molecule has 27 heavy (non-hydrogen) atoms. The van der Waals surface area contributed by atoms with E-state index in [1.54, 1.807) is 18.9 Å². The van der Waals surface area contributed by atoms with Crippen molar-refractivity contribution in [3.8, 4) is 17.1 Å². The van der Waals surface area contributed by atoms with Crippen LogP contribution in [-0.4, -0.2) is 32.1 Å². The molecule has 0 aliphatic heterocycles. The summed E-state index contributed by atoms with van der Waals surface area (Å²) < 4.78 is 13.2. The van der Waals surface area contributed by atoms with Crippen molar-refractivity contribution >= 4 is 11.8 Å². The van der Waals surface area contributed by atoms with Crippen molar-refractivity contribution in [2.24, 2.45) is 0 Å². The van der Waals surface area contributed by atoms with Gasteiger partial charge in [0.05, 0.1) is 12.9 Å². The third-order valence-corrected chi connectivity index (χ3v) is 5.49. The molecule has 0 bridgehead atoms. The highest BCUT2D eigenvalue weighted by atomic mass is 32.2. The first-order chi connectivity index (χ1) is 13.3. The van der Waals surface area contributed by atoms with Gasteiger partial charge in [0, 0.05) is 18.0 Å². The second kappa shape index (κ2) is 8.12. The molecule has 0 spiro atoms. The van der Waals surface area contributed by atoms with Crippen molar-refractivity contribution in [2.75, 3.05) is 7.11 Å². The van der Waals surface area contributed by atoms with Crippen molar-refractivity contribution in [1.29, 1.82) is 0 Å². The normalized spacial score (nSPS) is 13.9. The Balaban J connectivity index is 1.52. The van der Waals surface area contributed by atoms with E-state index in [4.69, 9.17) is 9.15 Å². The Morgan fingerprint density at radius 1 is 1.15 bits per heavy atom. The van der Waals surface area contributed by atoms with Gasteiger partial charge < -0.3 is 13.7 Å². The fraction of sp³-hybridized carbons (Fsp3) is 0.474. The first kappa shape index (κ1) is 18.0. The third kappa shape index (κ3) is 4.16. The Bertz CT molecular complexity index is 886. The van der Waals surface area contributed by atoms with Crippen molar-refractivity contribution in [2.45, 2.75) is 56.0 Å². The second-order valence-corrected chi connectivity index (χ2v) is 7.58. The zero-order valence-corrected chi connectivity index (χ0v) is 16.4. The molecule has 2 aromatic heterocycles. The summed E-state index contributed by atoms with van der Waals surface area (Å²) in [7, 11) is 1.67. The summed E-state index contributed by atoms with van der Waals surface area (Å²) in [6.07, 6.45) is 4.50. The molecule has 1 aliphatic rings. The maximum Gasteiger partial charge on any atom is 0.226 e. The van der Waals surface area contributed by atoms with Crippen molar-refractivity contribution in [1.82, 2.24) is 25.0 Å². The lowest BCUT2D eigenvalue weighted by Gasteiger charge is -2.09. The molecule has 0 N–H and O–H groups in total. The van der Waals surface area contributed by atoms with E-state index in [2.05, 4.69) is 31.9 Å². The van der Waals surface area contributed by atoms with Gasteiger partial charge in [-0.15, -0.1) is 20.4 Å². The molecule has 7 nitrogen and oxygen atoms in total. The van der Waals surface area contributed by atoms with Crippen LogP contribution in [0, 0.1) is 0 Å². The summed E-state index contributed by atoms with van der Waals surface area (Å²) >= 11 is 1.59. The molecule has 142 valence electrons. The summed E-state index contributed by atoms with van der Waals surface area (Å²) in [5.74, 6) is 4.21. The van der Waals surface area contributed by atoms with Crippen LogP contribution in [0.2, 0.25) is 0 Å². The standard InChI is InChI=1S/C19H23N5O2S/c1-3-4-11-24-17(13-7-9-15(25-2)10-8-13)21-23-19(24)27-12-16-20-22-18(26-16)14-5-6-14/h7-10,14H,3-6,11-12H2,1-2H3. The summed E-state index contributed by atoms with van der Waals surface area (Å²) in [6.45, 7) is 3.06. The third-order valence-electron chi connectivity index (χ3n) is 4.53. The maximum absolute atomic E-state index is 5.75. The Labute approximate surface area is 162 Å². The molecule has 3 aromatic rings. The van der Waals surface area contributed by atoms with Crippen LogP contribution in [0.5, 0.6) is 5.75 Å². The number of hydrogen-bond donors (Lipinski definition) is 0. The fourth-order valence-corrected chi connectivity index (χ4v) is 3.61. The van der Waals surface area contributed by atoms with Crippen LogP contribution in [-0.2, 0) is 12.3 Å². The van der Waals surface area contributed by atoms with Crippen LogP contribution in [0.25, 0.3) is 11.4 Å². The first-order valence-corrected chi connectivity index (χ1v) is 10.3. The molecule has 0 unspecified atom stereocenters. The quantitative estimate of drug-likeness (QED) is 0.508. The number of nitrogens with zero attached hydrogens (tertiary/aromatic N) is 5. The molecule has 4 rings (SSSR count). The summed E-state index contributed by atoms with van der Waals surface area (Å²) in [5.41, 5.74) is 1.03. The summed E-state index contributed by atoms with van der Waals surface area (Å²) in [4.78, 5) is 0. The predicted molar refractivity (Wildman–Crippen MR) is 103 cm³/mol. The van der Waals surface area contributed by atoms with Gasteiger partial charge in [-0.3, -0.25) is 0 Å². The lowest BCUT2D eigenvalue weighted by molar-refractivity contribution is 0.415. The number of thioether (sulfide) groups is 1. The van der Waals surface area contributed by atoms with Gasteiger partial charge in [-0.05, 0) is 43.5 Å². The highest BCUT2D eigenvalue weighted by molar-refractivity contribution is 7.98. The lowest BCUT2D eigenvalue weighted by Crippen LogP contribution is -2.02. The Morgan fingerprint density at radius 3 is 2.67 bits per heavy atom. The predicted octanol–water partition coefficient (Wildman–Crippen LogP) is 4.31. The number of rotatable bonds is 9. The van der Waals surface area contributed by atoms with Crippen LogP contribution < -0.4 is 4.74 Å². The Morgan fingerprint density at radius 2 is 1.96 bits per heavy atom. The topological polar surface area (TPSA) is 78.9 Å². The van der Waals surface area contributed by atoms with E-state index in [1.807, 2.05) is 24.3 Å². The average molecular weight is 385 g/mol. The van der Waals surface area contributed by atoms with E-state index in [0.717, 1.165) is 60.4 Å². The van der Waals surface area contributed by atoms with Crippen molar-refractivity contribution in [3.63, 3.8) is 0 Å². The van der Waals surface area contributed by atoms with Gasteiger partial charge in [0.1, 0.15) is 5.75 Å². The van der Waals surface area contributed by atoms with E-state index in [0.29, 0.717) is 17.6 Å². The molecule has 0 amide bonds. The maximum atomic E-state index is 5.75. The van der Waals surface area contributed by atoms with Gasteiger partial charge in [-0.1, -0.05) is 25.1 Å². The molecule has 1 fully saturated rings. The Kier molecular flexibility index (Phi) is 5.42. The van der Waals surface area contributed by atoms with Crippen molar-refractivity contribution < 1.29 is 9.15 Å². The van der Waals surface area contributed by atoms with E-state index < -0.39 is 0 Å². The van der Waals surface area contributed by atoms with Crippen LogP contribution in [0.1, 0.15) is 50.3 Å². The van der Waals surface area contributed by atoms with Gasteiger partial charge in [-0.25, -0.2) is 0 Å². The van der Waals surface area contributed by atoms with Gasteiger partial charge in [-0.2, -0.15) is 0 Å². The molecule has 1 aromatic carbocycles. The largest absolute Gasteiger partial charge is 0.497 e. The molecule has 0 saturated heterocycles. The summed E-state index contributed by atoms with van der Waals surface area (Å²) in [5, 5.41) is 18.0. The molecule has 8 heteroatoms. The zero-order valence-electron chi connectivity index (χ0n) is 15.6. The van der Waals surface area contributed by atoms with Crippen molar-refractivity contribution in [3.05, 3.63) is 36.0 Å². The van der Waals surface area contributed by atoms with Gasteiger partial charge >= 0.3 is 0 Å². The van der Waals surface area contributed by atoms with E-state index in [-0.39, 0.29) is 0 Å². The lowest BCUT2D eigenvalue weighted by atomic mass is 10.2. The smallest absolute Gasteiger partial charge is 0.226 e. The molecule has 0 atom stereocenters. The SMILES string of the molecule is CCCCn1c(SCc2nnc(C3CC3)o2)nnc1-c1ccc(OC)cc1. The van der Waals surface area contributed by atoms with Gasteiger partial charge in [0.25, 0.3) is 0 Å². The highest BCUT2D eigenvalue weighted by Crippen LogP contribution is 2.39. The minimum Gasteiger partial charge on any atom is -0.497 e. The Hall–Kier alpha value is -2.35. The van der Waals surface area contributed by atoms with Crippen LogP contribution in [0.4, 0.5) is 0 Å². The van der Waals surface area contributed by atoms with E-state index in [9.17, 15) is 0 Å². The second-order valence-electron chi connectivity index (χ2n) is 6.64. The average Bonchev–Trinajstić information content (AvgIpc) is 3.31. The monoisotopic (exact) mass is 385 g/mol. The van der Waals surface area contributed by atoms with Gasteiger partial charge in [0.2, 0.25) is 11.8 Å². The summed E-state index contributed by atoms with van der Waals surface area (Å²) in [6, 6.07) is 7.91. The number of benzene rings is 1. The van der Waals surface area contributed by atoms with Gasteiger partial charge in [0.15, 0.2) is 11.0 Å². The molecule has 2 heterocycles. The van der Waals surface area contributed by atoms with E-state index in [1.165, 1.54) is 0 Å². The van der Waals surface area contributed by atoms with Crippen LogP contribution in [0.15, 0.2) is 33.8 Å². The van der Waals surface area contributed by atoms with Crippen LogP contribution in [0.3, 0.4) is 0 Å². The first-order valence-electron chi connectivity index (χ1n) is 9.31. The fourth-order valence-electron chi connectivity index (χ4n) is 2.81. The van der Waals surface area contributed by atoms with E-state index >= 15 is 0 Å². The number of ether oxygens (including phenoxy) is 1. The number of unbranched alkanes of at least 4 members (excludes halogenated alkanes) is 1. The minimum atomic E-state index is 0.478. The number of hydrogen-bond acceptors (Lipinski definition) is 7. The highest BCUT2D eigenvalue weighted by Gasteiger charge is 2.29. The molecular weight excluding hydrogens is 362 g/mol. The zero-order chi connectivity index (χ0) is 18.6.